The van der Waals surface area contributed by atoms with Gasteiger partial charge < -0.3 is 28.5 Å². The number of esters is 2. The minimum Gasteiger partial charge on any atom is -0.477 e. The molecule has 0 saturated carbocycles. The van der Waals surface area contributed by atoms with Crippen LogP contribution in [0.3, 0.4) is 0 Å². The van der Waals surface area contributed by atoms with Gasteiger partial charge in [-0.15, -0.1) is 0 Å². The number of rotatable bonds is 68. The van der Waals surface area contributed by atoms with Gasteiger partial charge in [0, 0.05) is 12.8 Å². The van der Waals surface area contributed by atoms with E-state index < -0.39 is 24.3 Å². The van der Waals surface area contributed by atoms with E-state index in [2.05, 4.69) is 220 Å². The number of nitrogens with zero attached hydrogens (tertiary/aromatic N) is 1. The molecule has 0 amide bonds. The largest absolute Gasteiger partial charge is 0.477 e. The molecule has 0 aliphatic carbocycles. The Morgan fingerprint density at radius 1 is 0.309 bits per heavy atom. The second-order valence-corrected chi connectivity index (χ2v) is 25.8. The van der Waals surface area contributed by atoms with E-state index in [-0.39, 0.29) is 38.6 Å². The quantitative estimate of drug-likeness (QED) is 0.0211. The van der Waals surface area contributed by atoms with Gasteiger partial charge in [0.1, 0.15) is 13.2 Å². The van der Waals surface area contributed by atoms with Gasteiger partial charge in [0.25, 0.3) is 6.29 Å². The minimum atomic E-state index is -1.54. The number of carbonyl (C=O) groups excluding carboxylic acids is 2. The van der Waals surface area contributed by atoms with Gasteiger partial charge in [-0.3, -0.25) is 9.59 Å². The predicted molar refractivity (Wildman–Crippen MR) is 418 cm³/mol. The molecule has 0 aromatic carbocycles. The van der Waals surface area contributed by atoms with Gasteiger partial charge in [-0.1, -0.05) is 317 Å². The summed E-state index contributed by atoms with van der Waals surface area (Å²) in [4.78, 5) is 37.7. The number of carboxylic acids is 1. The number of likely N-dealkylation sites (N-methyl/N-ethyl adjacent to an activating group) is 1. The van der Waals surface area contributed by atoms with Crippen molar-refractivity contribution in [2.24, 2.45) is 0 Å². The van der Waals surface area contributed by atoms with Crippen molar-refractivity contribution < 1.29 is 42.9 Å². The van der Waals surface area contributed by atoms with E-state index in [1.165, 1.54) is 96.3 Å². The molecule has 0 rings (SSSR count). The third-order valence-electron chi connectivity index (χ3n) is 15.5. The van der Waals surface area contributed by atoms with Gasteiger partial charge in [-0.25, -0.2) is 4.79 Å². The van der Waals surface area contributed by atoms with E-state index in [0.717, 1.165) is 141 Å². The third kappa shape index (κ3) is 77.1. The Kier molecular flexibility index (Phi) is 70.9. The van der Waals surface area contributed by atoms with Crippen LogP contribution >= 0.6 is 0 Å². The van der Waals surface area contributed by atoms with E-state index in [1.54, 1.807) is 0 Å². The molecule has 0 saturated heterocycles. The molecule has 0 aromatic heterocycles. The average molecular weight is 1340 g/mol. The summed E-state index contributed by atoms with van der Waals surface area (Å²) < 4.78 is 22.9. The Morgan fingerprint density at radius 3 is 0.845 bits per heavy atom. The summed E-state index contributed by atoms with van der Waals surface area (Å²) in [7, 11) is 5.95. The molecule has 9 heteroatoms. The molecular weight excluding hydrogens is 1200 g/mol. The average Bonchev–Trinajstić information content (AvgIpc) is 2.59. The number of quaternary nitrogens is 1. The van der Waals surface area contributed by atoms with Crippen molar-refractivity contribution in [3.63, 3.8) is 0 Å². The first-order chi connectivity index (χ1) is 47.6. The standard InChI is InChI=1S/C88H139NO8/c1-6-8-10-12-14-16-18-20-22-24-26-28-30-32-34-36-38-40-41-42-43-44-45-47-48-50-52-54-56-58-60-62-64-66-68-70-72-74-76-78-85(90)95-82-84(83-96-88(87(92)93)94-81-80-89(3,4)5)97-86(91)79-77-75-73-71-69-67-65-63-61-59-57-55-53-51-49-46-39-37-35-33-31-29-27-25-23-21-19-17-15-13-11-9-7-2/h8-11,14-17,20-23,26-29,32-35,38-40,42-43,46,51,53,57,59,63,65,69,71,84,88H,6-7,12-13,18-19,24-25,30-31,36-37,41,44-45,47-50,52,54-56,58,60-62,64,66-68,70,72-83H2,1-5H3/p+1/b10-8-,11-9-,16-14-,17-15-,22-20-,23-21-,28-26-,29-27-,34-32-,35-33-,40-38-,43-42-,46-39-,53-51-,59-57-,65-63-,71-69-. The number of aliphatic carboxylic acids is 1. The van der Waals surface area contributed by atoms with Crippen LogP contribution < -0.4 is 0 Å². The lowest BCUT2D eigenvalue weighted by Gasteiger charge is -2.25. The van der Waals surface area contributed by atoms with Crippen LogP contribution in [0.4, 0.5) is 0 Å². The van der Waals surface area contributed by atoms with Gasteiger partial charge in [0.05, 0.1) is 34.4 Å². The smallest absolute Gasteiger partial charge is 0.361 e. The van der Waals surface area contributed by atoms with Crippen molar-refractivity contribution in [2.75, 3.05) is 47.5 Å². The van der Waals surface area contributed by atoms with Crippen molar-refractivity contribution in [1.82, 2.24) is 0 Å². The normalized spacial score (nSPS) is 13.9. The lowest BCUT2D eigenvalue weighted by Crippen LogP contribution is -2.40. The molecule has 2 atom stereocenters. The molecule has 0 aliphatic heterocycles. The van der Waals surface area contributed by atoms with Crippen LogP contribution in [-0.4, -0.2) is 87.4 Å². The molecule has 9 nitrogen and oxygen atoms in total. The van der Waals surface area contributed by atoms with Crippen molar-refractivity contribution in [3.05, 3.63) is 207 Å². The van der Waals surface area contributed by atoms with Crippen LogP contribution in [0.2, 0.25) is 0 Å². The molecule has 0 aliphatic rings. The van der Waals surface area contributed by atoms with Gasteiger partial charge in [-0.05, 0) is 148 Å². The second-order valence-electron chi connectivity index (χ2n) is 25.8. The van der Waals surface area contributed by atoms with Gasteiger partial charge in [0.15, 0.2) is 6.10 Å². The van der Waals surface area contributed by atoms with Crippen LogP contribution in [0.15, 0.2) is 207 Å². The maximum atomic E-state index is 13.0. The molecule has 0 heterocycles. The molecule has 0 aromatic rings. The lowest BCUT2D eigenvalue weighted by atomic mass is 10.0. The fourth-order valence-corrected chi connectivity index (χ4v) is 9.79. The molecule has 0 bridgehead atoms. The van der Waals surface area contributed by atoms with Crippen molar-refractivity contribution in [2.45, 2.75) is 283 Å². The molecular formula is C88H140NO8+. The fraction of sp³-hybridized carbons (Fsp3) is 0.580. The molecule has 0 spiro atoms. The summed E-state index contributed by atoms with van der Waals surface area (Å²) >= 11 is 0. The number of hydrogen-bond acceptors (Lipinski definition) is 7. The van der Waals surface area contributed by atoms with Crippen molar-refractivity contribution >= 4 is 17.9 Å². The zero-order chi connectivity index (χ0) is 70.4. The molecule has 1 N–H and O–H groups in total. The summed E-state index contributed by atoms with van der Waals surface area (Å²) in [6, 6.07) is 0. The van der Waals surface area contributed by atoms with Gasteiger partial charge >= 0.3 is 17.9 Å². The van der Waals surface area contributed by atoms with Crippen molar-refractivity contribution in [3.8, 4) is 0 Å². The SMILES string of the molecule is CC/C=C\C/C=C\C/C=C\C/C=C\C/C=C\C/C=C\C/C=C\C/C=C\C/C=C\C/C=C\CCCCC(=O)OC(COC(=O)CCCCCCCCCCCCCCCCCCC/C=C\C/C=C\C/C=C\C/C=C\C/C=C\C/C=C\C/C=C\CC)COC(OCC[N+](C)(C)C)C(=O)O. The number of carbonyl (C=O) groups is 3. The third-order valence-corrected chi connectivity index (χ3v) is 15.5. The van der Waals surface area contributed by atoms with E-state index in [0.29, 0.717) is 17.4 Å². The first-order valence-corrected chi connectivity index (χ1v) is 38.2. The fourth-order valence-electron chi connectivity index (χ4n) is 9.79. The highest BCUT2D eigenvalue weighted by Crippen LogP contribution is 2.16. The molecule has 2 unspecified atom stereocenters. The number of unbranched alkanes of at least 4 members (excludes halogenated alkanes) is 19. The number of ether oxygens (including phenoxy) is 4. The maximum Gasteiger partial charge on any atom is 0.361 e. The Morgan fingerprint density at radius 2 is 0.557 bits per heavy atom. The highest BCUT2D eigenvalue weighted by molar-refractivity contribution is 5.71. The van der Waals surface area contributed by atoms with Gasteiger partial charge in [0.2, 0.25) is 0 Å². The Labute approximate surface area is 594 Å². The molecule has 544 valence electrons. The van der Waals surface area contributed by atoms with E-state index >= 15 is 0 Å². The summed E-state index contributed by atoms with van der Waals surface area (Å²) in [5.41, 5.74) is 0. The Hall–Kier alpha value is -6.13. The summed E-state index contributed by atoms with van der Waals surface area (Å²) in [5, 5.41) is 9.76. The highest BCUT2D eigenvalue weighted by Gasteiger charge is 2.25. The van der Waals surface area contributed by atoms with Crippen LogP contribution in [0, 0.1) is 0 Å². The molecule has 97 heavy (non-hydrogen) atoms. The van der Waals surface area contributed by atoms with Crippen LogP contribution in [-0.2, 0) is 33.3 Å². The Bertz CT molecular complexity index is 2350. The first kappa shape index (κ1) is 90.9. The van der Waals surface area contributed by atoms with Gasteiger partial charge in [-0.2, -0.15) is 0 Å². The number of hydrogen-bond donors (Lipinski definition) is 1. The second kappa shape index (κ2) is 75.6. The summed E-state index contributed by atoms with van der Waals surface area (Å²) in [6.07, 6.45) is 115. The van der Waals surface area contributed by atoms with E-state index in [1.807, 2.05) is 21.1 Å². The molecule has 0 fully saturated rings. The van der Waals surface area contributed by atoms with Crippen LogP contribution in [0.25, 0.3) is 0 Å². The van der Waals surface area contributed by atoms with Crippen LogP contribution in [0.5, 0.6) is 0 Å². The Balaban J connectivity index is 4.18. The lowest BCUT2D eigenvalue weighted by molar-refractivity contribution is -0.870. The van der Waals surface area contributed by atoms with Crippen LogP contribution in [0.1, 0.15) is 271 Å². The summed E-state index contributed by atoms with van der Waals surface area (Å²) in [6.45, 7) is 4.58. The topological polar surface area (TPSA) is 108 Å². The first-order valence-electron chi connectivity index (χ1n) is 38.2. The zero-order valence-corrected chi connectivity index (χ0v) is 62.1. The van der Waals surface area contributed by atoms with E-state index in [9.17, 15) is 19.5 Å². The number of carboxylic acid groups (broad SMARTS) is 1. The van der Waals surface area contributed by atoms with Crippen molar-refractivity contribution in [1.29, 1.82) is 0 Å². The summed E-state index contributed by atoms with van der Waals surface area (Å²) in [5.74, 6) is -2.08. The van der Waals surface area contributed by atoms with E-state index in [4.69, 9.17) is 18.9 Å². The monoisotopic (exact) mass is 1340 g/mol. The maximum absolute atomic E-state index is 13.0. The predicted octanol–water partition coefficient (Wildman–Crippen LogP) is 24.7. The minimum absolute atomic E-state index is 0.169. The zero-order valence-electron chi connectivity index (χ0n) is 62.1. The highest BCUT2D eigenvalue weighted by atomic mass is 16.7. The molecule has 0 radical (unpaired) electrons. The number of allylic oxidation sites excluding steroid dienone is 34.